The highest BCUT2D eigenvalue weighted by atomic mass is 35.5. The fourth-order valence-corrected chi connectivity index (χ4v) is 4.10. The van der Waals surface area contributed by atoms with E-state index in [4.69, 9.17) is 28.9 Å². The van der Waals surface area contributed by atoms with E-state index in [1.807, 2.05) is 0 Å². The molecule has 102 valence electrons. The Bertz CT molecular complexity index is 698. The van der Waals surface area contributed by atoms with Gasteiger partial charge in [-0.15, -0.1) is 11.3 Å². The standard InChI is InChI=1S/C11H10Cl2N2O2S2/c12-9-5-7(14)1-3-10(9)19(16,17)15-6-8-2-4-11(13)18-8/h1-5,15H,6,14H2. The second-order valence-corrected chi connectivity index (χ2v) is 7.66. The van der Waals surface area contributed by atoms with E-state index in [1.165, 1.54) is 29.5 Å². The smallest absolute Gasteiger partial charge is 0.242 e. The Balaban J connectivity index is 2.18. The van der Waals surface area contributed by atoms with Crippen LogP contribution in [0.15, 0.2) is 35.2 Å². The molecule has 1 heterocycles. The van der Waals surface area contributed by atoms with Crippen molar-refractivity contribution in [3.8, 4) is 0 Å². The third-order valence-corrected chi connectivity index (χ3v) is 5.43. The lowest BCUT2D eigenvalue weighted by molar-refractivity contribution is 0.582. The van der Waals surface area contributed by atoms with Gasteiger partial charge in [-0.25, -0.2) is 13.1 Å². The van der Waals surface area contributed by atoms with Crippen LogP contribution in [0.1, 0.15) is 4.88 Å². The number of sulfonamides is 1. The van der Waals surface area contributed by atoms with Gasteiger partial charge in [0.25, 0.3) is 0 Å². The third-order valence-electron chi connectivity index (χ3n) is 2.31. The second-order valence-electron chi connectivity index (χ2n) is 3.72. The molecule has 0 radical (unpaired) electrons. The minimum atomic E-state index is -3.67. The van der Waals surface area contributed by atoms with Gasteiger partial charge in [-0.2, -0.15) is 0 Å². The van der Waals surface area contributed by atoms with Crippen molar-refractivity contribution >= 4 is 50.2 Å². The topological polar surface area (TPSA) is 72.2 Å². The van der Waals surface area contributed by atoms with Crippen LogP contribution in [0.4, 0.5) is 5.69 Å². The van der Waals surface area contributed by atoms with E-state index < -0.39 is 10.0 Å². The molecule has 0 aliphatic carbocycles. The Kier molecular flexibility index (Phi) is 4.37. The lowest BCUT2D eigenvalue weighted by atomic mass is 10.3. The number of thiophene rings is 1. The first-order valence-electron chi connectivity index (χ1n) is 5.17. The summed E-state index contributed by atoms with van der Waals surface area (Å²) in [7, 11) is -3.67. The fraction of sp³-hybridized carbons (Fsp3) is 0.0909. The van der Waals surface area contributed by atoms with Crippen molar-refractivity contribution in [2.24, 2.45) is 0 Å². The van der Waals surface area contributed by atoms with Gasteiger partial charge in [-0.3, -0.25) is 0 Å². The summed E-state index contributed by atoms with van der Waals surface area (Å²) in [5.41, 5.74) is 5.94. The molecule has 4 nitrogen and oxygen atoms in total. The second kappa shape index (κ2) is 5.68. The fourth-order valence-electron chi connectivity index (χ4n) is 1.43. The molecule has 0 fully saturated rings. The maximum atomic E-state index is 12.1. The molecule has 19 heavy (non-hydrogen) atoms. The van der Waals surface area contributed by atoms with E-state index >= 15 is 0 Å². The summed E-state index contributed by atoms with van der Waals surface area (Å²) in [6.45, 7) is 0.167. The zero-order chi connectivity index (χ0) is 14.0. The van der Waals surface area contributed by atoms with Crippen molar-refractivity contribution in [1.29, 1.82) is 0 Å². The van der Waals surface area contributed by atoms with Crippen molar-refractivity contribution in [3.05, 3.63) is 44.6 Å². The summed E-state index contributed by atoms with van der Waals surface area (Å²) in [6.07, 6.45) is 0. The summed E-state index contributed by atoms with van der Waals surface area (Å²) in [6, 6.07) is 7.74. The summed E-state index contributed by atoms with van der Waals surface area (Å²) < 4.78 is 27.2. The number of hydrogen-bond donors (Lipinski definition) is 2. The Morgan fingerprint density at radius 2 is 1.95 bits per heavy atom. The molecule has 8 heteroatoms. The molecule has 0 aliphatic heterocycles. The van der Waals surface area contributed by atoms with Crippen LogP contribution in [0.25, 0.3) is 0 Å². The normalized spacial score (nSPS) is 11.7. The number of hydrogen-bond acceptors (Lipinski definition) is 4. The number of rotatable bonds is 4. The first-order valence-corrected chi connectivity index (χ1v) is 8.23. The van der Waals surface area contributed by atoms with Crippen molar-refractivity contribution in [2.45, 2.75) is 11.4 Å². The van der Waals surface area contributed by atoms with Crippen LogP contribution in [-0.4, -0.2) is 8.42 Å². The molecule has 0 amide bonds. The minimum absolute atomic E-state index is 0.00557. The van der Waals surface area contributed by atoms with Crippen LogP contribution in [0.3, 0.4) is 0 Å². The van der Waals surface area contributed by atoms with Crippen LogP contribution in [-0.2, 0) is 16.6 Å². The third kappa shape index (κ3) is 3.61. The molecule has 2 rings (SSSR count). The molecule has 0 unspecified atom stereocenters. The number of nitrogens with one attached hydrogen (secondary N) is 1. The average Bonchev–Trinajstić information content (AvgIpc) is 2.72. The Hall–Kier alpha value is -0.790. The molecular formula is C11H10Cl2N2O2S2. The van der Waals surface area contributed by atoms with E-state index in [-0.39, 0.29) is 16.5 Å². The predicted molar refractivity (Wildman–Crippen MR) is 79.2 cm³/mol. The number of benzene rings is 1. The highest BCUT2D eigenvalue weighted by Crippen LogP contribution is 2.25. The van der Waals surface area contributed by atoms with Gasteiger partial charge in [0, 0.05) is 17.1 Å². The van der Waals surface area contributed by atoms with Crippen LogP contribution >= 0.6 is 34.5 Å². The van der Waals surface area contributed by atoms with E-state index in [1.54, 1.807) is 12.1 Å². The van der Waals surface area contributed by atoms with Gasteiger partial charge < -0.3 is 5.73 Å². The lowest BCUT2D eigenvalue weighted by Crippen LogP contribution is -2.23. The number of nitrogen functional groups attached to an aromatic ring is 1. The molecule has 0 atom stereocenters. The Morgan fingerprint density at radius 3 is 2.53 bits per heavy atom. The van der Waals surface area contributed by atoms with Gasteiger partial charge >= 0.3 is 0 Å². The monoisotopic (exact) mass is 336 g/mol. The first kappa shape index (κ1) is 14.6. The van der Waals surface area contributed by atoms with Crippen LogP contribution in [0, 0.1) is 0 Å². The van der Waals surface area contributed by atoms with Crippen molar-refractivity contribution in [2.75, 3.05) is 5.73 Å². The lowest BCUT2D eigenvalue weighted by Gasteiger charge is -2.08. The number of anilines is 1. The minimum Gasteiger partial charge on any atom is -0.399 e. The van der Waals surface area contributed by atoms with Gasteiger partial charge in [0.05, 0.1) is 9.36 Å². The zero-order valence-electron chi connectivity index (χ0n) is 9.56. The van der Waals surface area contributed by atoms with E-state index in [0.717, 1.165) is 4.88 Å². The van der Waals surface area contributed by atoms with Crippen molar-refractivity contribution < 1.29 is 8.42 Å². The summed E-state index contributed by atoms with van der Waals surface area (Å²) in [5.74, 6) is 0. The Labute approximate surface area is 125 Å². The number of nitrogens with two attached hydrogens (primary N) is 1. The van der Waals surface area contributed by atoms with Gasteiger partial charge in [0.2, 0.25) is 10.0 Å². The molecule has 0 aliphatic rings. The summed E-state index contributed by atoms with van der Waals surface area (Å²) in [4.78, 5) is 0.825. The van der Waals surface area contributed by atoms with Gasteiger partial charge in [0.1, 0.15) is 4.90 Å². The molecule has 0 bridgehead atoms. The highest BCUT2D eigenvalue weighted by molar-refractivity contribution is 7.89. The highest BCUT2D eigenvalue weighted by Gasteiger charge is 2.17. The molecule has 0 spiro atoms. The Morgan fingerprint density at radius 1 is 1.21 bits per heavy atom. The van der Waals surface area contributed by atoms with Crippen molar-refractivity contribution in [3.63, 3.8) is 0 Å². The first-order chi connectivity index (χ1) is 8.88. The maximum absolute atomic E-state index is 12.1. The van der Waals surface area contributed by atoms with Gasteiger partial charge in [-0.05, 0) is 30.3 Å². The van der Waals surface area contributed by atoms with Crippen LogP contribution in [0.2, 0.25) is 9.36 Å². The summed E-state index contributed by atoms with van der Waals surface area (Å²) >= 11 is 13.0. The molecule has 0 saturated heterocycles. The molecule has 0 saturated carbocycles. The SMILES string of the molecule is Nc1ccc(S(=O)(=O)NCc2ccc(Cl)s2)c(Cl)c1. The molecule has 3 N–H and O–H groups in total. The predicted octanol–water partition coefficient (Wildman–Crippen LogP) is 3.12. The van der Waals surface area contributed by atoms with Gasteiger partial charge in [0.15, 0.2) is 0 Å². The molecular weight excluding hydrogens is 327 g/mol. The largest absolute Gasteiger partial charge is 0.399 e. The van der Waals surface area contributed by atoms with E-state index in [9.17, 15) is 8.42 Å². The number of halogens is 2. The zero-order valence-corrected chi connectivity index (χ0v) is 12.7. The van der Waals surface area contributed by atoms with Crippen LogP contribution < -0.4 is 10.5 Å². The van der Waals surface area contributed by atoms with Crippen molar-refractivity contribution in [1.82, 2.24) is 4.72 Å². The molecule has 2 aromatic rings. The van der Waals surface area contributed by atoms with E-state index in [0.29, 0.717) is 10.0 Å². The van der Waals surface area contributed by atoms with Gasteiger partial charge in [-0.1, -0.05) is 23.2 Å². The summed E-state index contributed by atoms with van der Waals surface area (Å²) in [5, 5.41) is 0.0942. The molecule has 1 aromatic carbocycles. The van der Waals surface area contributed by atoms with Crippen LogP contribution in [0.5, 0.6) is 0 Å². The average molecular weight is 337 g/mol. The maximum Gasteiger partial charge on any atom is 0.242 e. The quantitative estimate of drug-likeness (QED) is 0.842. The van der Waals surface area contributed by atoms with E-state index in [2.05, 4.69) is 4.72 Å². The molecule has 1 aromatic heterocycles.